The Kier molecular flexibility index (Phi) is 17.8. The predicted octanol–water partition coefficient (Wildman–Crippen LogP) is 15.0. The molecule has 13 rings (SSSR count). The minimum absolute atomic E-state index is 0.0416. The first-order chi connectivity index (χ1) is 44.3. The Morgan fingerprint density at radius 2 is 1.01 bits per heavy atom. The zero-order valence-electron chi connectivity index (χ0n) is 56.9. The van der Waals surface area contributed by atoms with Crippen LogP contribution in [0.25, 0.3) is 44.3 Å². The molecule has 3 aromatic heterocycles. The van der Waals surface area contributed by atoms with Crippen molar-refractivity contribution in [3.05, 3.63) is 48.8 Å². The molecule has 0 aliphatic heterocycles. The molecule has 18 atom stereocenters. The first-order valence-corrected chi connectivity index (χ1v) is 36.0. The van der Waals surface area contributed by atoms with E-state index < -0.39 is 23.6 Å². The second-order valence-corrected chi connectivity index (χ2v) is 33.0. The molecule has 8 unspecified atom stereocenters. The van der Waals surface area contributed by atoms with Crippen molar-refractivity contribution < 1.29 is 48.4 Å². The lowest BCUT2D eigenvalue weighted by Gasteiger charge is -2.61. The number of hydrogen-bond acceptors (Lipinski definition) is 12. The quantitative estimate of drug-likeness (QED) is 0.0516. The van der Waals surface area contributed by atoms with E-state index in [4.69, 9.17) is 14.2 Å². The van der Waals surface area contributed by atoms with Crippen molar-refractivity contribution in [1.82, 2.24) is 39.9 Å². The Morgan fingerprint density at radius 3 is 1.44 bits per heavy atom. The average molecular weight is 1280 g/mol. The van der Waals surface area contributed by atoms with E-state index in [0.29, 0.717) is 94.5 Å². The molecule has 93 heavy (non-hydrogen) atoms. The lowest BCUT2D eigenvalue weighted by atomic mass is 9.44. The molecular weight excluding hydrogens is 1170 g/mol. The predicted molar refractivity (Wildman–Crippen MR) is 354 cm³/mol. The molecule has 5 aromatic rings. The molecule has 0 bridgehead atoms. The number of esters is 2. The number of nitrogens with zero attached hydrogens (tertiary/aromatic N) is 7. The number of hydrogen-bond donors (Lipinski definition) is 3. The van der Waals surface area contributed by atoms with Gasteiger partial charge in [0.15, 0.2) is 0 Å². The molecule has 3 N–H and O–H groups in total. The van der Waals surface area contributed by atoms with Crippen molar-refractivity contribution in [3.63, 3.8) is 0 Å². The second kappa shape index (κ2) is 25.3. The highest BCUT2D eigenvalue weighted by molar-refractivity contribution is 6.10. The van der Waals surface area contributed by atoms with Crippen LogP contribution in [-0.2, 0) is 53.0 Å². The maximum absolute atomic E-state index is 13.7. The van der Waals surface area contributed by atoms with Gasteiger partial charge in [0.1, 0.15) is 42.3 Å². The fraction of sp³-hybridized carbons (Fsp3) is 0.720. The van der Waals surface area contributed by atoms with Crippen molar-refractivity contribution in [2.24, 2.45) is 92.7 Å². The molecule has 504 valence electrons. The van der Waals surface area contributed by atoms with Crippen molar-refractivity contribution in [2.75, 3.05) is 6.54 Å². The van der Waals surface area contributed by atoms with Crippen LogP contribution in [-0.4, -0.2) is 99.1 Å². The van der Waals surface area contributed by atoms with Gasteiger partial charge in [-0.05, 0) is 254 Å². The minimum atomic E-state index is -0.687. The first kappa shape index (κ1) is 65.3. The normalized spacial score (nSPS) is 34.5. The smallest absolute Gasteiger partial charge is 0.407 e. The third-order valence-electron chi connectivity index (χ3n) is 27.1. The van der Waals surface area contributed by atoms with Gasteiger partial charge in [-0.2, -0.15) is 0 Å². The molecule has 0 spiro atoms. The fourth-order valence-corrected chi connectivity index (χ4v) is 22.7. The van der Waals surface area contributed by atoms with E-state index in [9.17, 15) is 34.2 Å². The van der Waals surface area contributed by atoms with Gasteiger partial charge in [0.05, 0.1) is 12.4 Å². The van der Waals surface area contributed by atoms with Crippen LogP contribution in [0, 0.1) is 92.7 Å². The molecule has 0 saturated heterocycles. The molecule has 8 aliphatic carbocycles. The highest BCUT2D eigenvalue weighted by Gasteiger charge is 2.63. The number of ether oxygens (including phenoxy) is 3. The van der Waals surface area contributed by atoms with Crippen LogP contribution in [0.1, 0.15) is 204 Å². The third-order valence-corrected chi connectivity index (χ3v) is 27.1. The number of benzene rings is 2. The van der Waals surface area contributed by atoms with E-state index in [2.05, 4.69) is 96.3 Å². The number of carbonyl (C=O) groups excluding carboxylic acids is 3. The summed E-state index contributed by atoms with van der Waals surface area (Å²) in [5.41, 5.74) is 5.11. The Labute approximate surface area is 549 Å². The SMILES string of the molecule is C[C@H](CCC(=O)O)C1CC[C@H]2[C@@H]3CC[C@@H]4C[C@H](OC(=O)Cn5cc(-c6ccc7c8ccc(-c9cn(CC(=O)O[C@@H]%10CCC%11(C)C%12CCC%13(C)C([C@H](C)CCC(=O)O)CC[C@H]%13[C@@H]%12CC[C@H]%11C%10)nn9)cc8n(CCNC(=O)OC(C)(C)C)c7c6)nn5)CCC4(C)C3CCC12C. The fourth-order valence-electron chi connectivity index (χ4n) is 22.7. The topological polar surface area (TPSA) is 232 Å². The summed E-state index contributed by atoms with van der Waals surface area (Å²) in [7, 11) is 0. The number of nitrogens with one attached hydrogen (secondary N) is 1. The zero-order valence-corrected chi connectivity index (χ0v) is 56.9. The number of aliphatic carboxylic acids is 2. The summed E-state index contributed by atoms with van der Waals surface area (Å²) in [5, 5.41) is 41.8. The molecule has 3 heterocycles. The Morgan fingerprint density at radius 1 is 0.581 bits per heavy atom. The van der Waals surface area contributed by atoms with Crippen molar-refractivity contribution >= 4 is 51.8 Å². The van der Waals surface area contributed by atoms with Gasteiger partial charge >= 0.3 is 30.0 Å². The van der Waals surface area contributed by atoms with Crippen LogP contribution < -0.4 is 5.32 Å². The second-order valence-electron chi connectivity index (χ2n) is 33.0. The van der Waals surface area contributed by atoms with Crippen LogP contribution in [0.3, 0.4) is 0 Å². The van der Waals surface area contributed by atoms with Crippen molar-refractivity contribution in [2.45, 2.75) is 241 Å². The van der Waals surface area contributed by atoms with E-state index >= 15 is 0 Å². The van der Waals surface area contributed by atoms with E-state index in [-0.39, 0.29) is 60.9 Å². The van der Waals surface area contributed by atoms with E-state index in [1.807, 2.05) is 32.9 Å². The van der Waals surface area contributed by atoms with Gasteiger partial charge in [0.25, 0.3) is 0 Å². The van der Waals surface area contributed by atoms with Gasteiger partial charge in [0, 0.05) is 58.9 Å². The van der Waals surface area contributed by atoms with Crippen LogP contribution in [0.5, 0.6) is 0 Å². The van der Waals surface area contributed by atoms with Crippen molar-refractivity contribution in [1.29, 1.82) is 0 Å². The molecule has 8 fully saturated rings. The highest BCUT2D eigenvalue weighted by atomic mass is 16.6. The molecule has 18 heteroatoms. The number of rotatable bonds is 19. The zero-order chi connectivity index (χ0) is 65.5. The molecule has 1 amide bonds. The Hall–Kier alpha value is -6.33. The highest BCUT2D eigenvalue weighted by Crippen LogP contribution is 2.70. The summed E-state index contributed by atoms with van der Waals surface area (Å²) in [5.74, 6) is 5.34. The standard InChI is InChI=1S/C75H104N8O10/c1-44(10-24-66(84)85)56-20-22-58-54-18-14-48-38-50(26-30-72(48,6)60(54)28-32-74(56,58)8)91-68(88)42-81-40-62(77-79-81)46-12-16-52-53-17-13-47(37-65(53)83(64(52)36-46)35-34-76-70(90)93-71(3,4)5)63-41-82(80-78-63)43-69(89)92-51-27-31-73(7)49(39-51)15-19-55-59-23-21-57(45(2)11-25-67(86)87)75(59,9)33-29-61(55)73/h12-13,16-17,36-37,40-41,44-45,48-51,54-61H,10-11,14-15,18-35,38-39,42-43H2,1-9H3,(H,76,90)(H,84,85)(H,86,87)/t44-,45-,48-,49+,50-,51-,54+,55+,56?,57?,58+,59+,60?,61?,72?,73?,74?,75?/m1/s1. The molecule has 8 aliphatic rings. The molecule has 8 saturated carbocycles. The lowest BCUT2D eigenvalue weighted by molar-refractivity contribution is -0.164. The van der Waals surface area contributed by atoms with E-state index in [0.717, 1.165) is 96.1 Å². The number of carbonyl (C=O) groups is 5. The van der Waals surface area contributed by atoms with Crippen LogP contribution in [0.2, 0.25) is 0 Å². The number of aromatic nitrogens is 7. The summed E-state index contributed by atoms with van der Waals surface area (Å²) in [6.07, 6.45) is 25.3. The largest absolute Gasteiger partial charge is 0.481 e. The monoisotopic (exact) mass is 1280 g/mol. The van der Waals surface area contributed by atoms with Gasteiger partial charge in [-0.15, -0.1) is 10.2 Å². The Bertz CT molecular complexity index is 3410. The third kappa shape index (κ3) is 12.5. The first-order valence-electron chi connectivity index (χ1n) is 36.0. The van der Waals surface area contributed by atoms with Gasteiger partial charge in [-0.1, -0.05) is 76.2 Å². The van der Waals surface area contributed by atoms with Gasteiger partial charge in [-0.3, -0.25) is 19.2 Å². The number of fused-ring (bicyclic) bond motifs is 13. The summed E-state index contributed by atoms with van der Waals surface area (Å²) in [4.78, 5) is 63.3. The molecule has 2 aromatic carbocycles. The maximum Gasteiger partial charge on any atom is 0.407 e. The summed E-state index contributed by atoms with van der Waals surface area (Å²) >= 11 is 0. The van der Waals surface area contributed by atoms with Gasteiger partial charge in [-0.25, -0.2) is 14.2 Å². The van der Waals surface area contributed by atoms with Crippen LogP contribution in [0.15, 0.2) is 48.8 Å². The van der Waals surface area contributed by atoms with Gasteiger partial charge < -0.3 is 34.3 Å². The number of carboxylic acids is 2. The molecule has 0 radical (unpaired) electrons. The van der Waals surface area contributed by atoms with E-state index in [1.165, 1.54) is 77.0 Å². The number of carboxylic acid groups (broad SMARTS) is 2. The van der Waals surface area contributed by atoms with Crippen molar-refractivity contribution in [3.8, 4) is 22.5 Å². The van der Waals surface area contributed by atoms with Gasteiger partial charge in [0.2, 0.25) is 0 Å². The Balaban J connectivity index is 0.640. The minimum Gasteiger partial charge on any atom is -0.481 e. The van der Waals surface area contributed by atoms with Crippen LogP contribution >= 0.6 is 0 Å². The van der Waals surface area contributed by atoms with Crippen LogP contribution in [0.4, 0.5) is 4.79 Å². The molecular formula is C75H104N8O10. The van der Waals surface area contributed by atoms with E-state index in [1.54, 1.807) is 21.8 Å². The summed E-state index contributed by atoms with van der Waals surface area (Å²) < 4.78 is 23.5. The summed E-state index contributed by atoms with van der Waals surface area (Å²) in [6.45, 7) is 20.9. The maximum atomic E-state index is 13.7. The summed E-state index contributed by atoms with van der Waals surface area (Å²) in [6, 6.07) is 12.4. The molecule has 18 nitrogen and oxygen atoms in total. The lowest BCUT2D eigenvalue weighted by Crippen LogP contribution is -2.54. The number of amides is 1. The average Bonchev–Trinajstić information content (AvgIpc) is 1.72. The number of alkyl carbamates (subject to hydrolysis) is 1.